The summed E-state index contributed by atoms with van der Waals surface area (Å²) >= 11 is 1.36. The summed E-state index contributed by atoms with van der Waals surface area (Å²) in [5.41, 5.74) is 3.82. The Hall–Kier alpha value is -3.26. The molecule has 0 aliphatic carbocycles. The van der Waals surface area contributed by atoms with Gasteiger partial charge in [0.05, 0.1) is 11.3 Å². The van der Waals surface area contributed by atoms with Crippen molar-refractivity contribution < 1.29 is 28.2 Å². The maximum absolute atomic E-state index is 13.7. The SMILES string of the molecule is CCCCCCCC(Oc1cc(C)c(-c2ccc(C(C)(F)F)cc2)c(C)c1)c1ccc(C(=O)NCCC(=O)O)s1. The van der Waals surface area contributed by atoms with Crippen LogP contribution in [0.2, 0.25) is 0 Å². The molecule has 0 aliphatic rings. The number of carbonyl (C=O) groups excluding carboxylic acids is 1. The molecule has 0 saturated carbocycles. The summed E-state index contributed by atoms with van der Waals surface area (Å²) in [6.45, 7) is 7.13. The fourth-order valence-corrected chi connectivity index (χ4v) is 5.74. The first-order valence-electron chi connectivity index (χ1n) is 13.9. The Morgan fingerprint density at radius 3 is 2.25 bits per heavy atom. The summed E-state index contributed by atoms with van der Waals surface area (Å²) in [5, 5.41) is 11.5. The maximum atomic E-state index is 13.7. The number of nitrogens with one attached hydrogen (secondary N) is 1. The predicted molar refractivity (Wildman–Crippen MR) is 157 cm³/mol. The van der Waals surface area contributed by atoms with E-state index in [0.717, 1.165) is 59.1 Å². The Balaban J connectivity index is 1.80. The third-order valence-corrected chi connectivity index (χ3v) is 8.00. The molecule has 0 radical (unpaired) electrons. The maximum Gasteiger partial charge on any atom is 0.305 e. The number of benzene rings is 2. The number of rotatable bonds is 15. The Bertz CT molecular complexity index is 1260. The van der Waals surface area contributed by atoms with Crippen LogP contribution in [-0.4, -0.2) is 23.5 Å². The lowest BCUT2D eigenvalue weighted by Gasteiger charge is -2.21. The van der Waals surface area contributed by atoms with Crippen LogP contribution in [0.3, 0.4) is 0 Å². The van der Waals surface area contributed by atoms with E-state index in [1.165, 1.54) is 42.7 Å². The minimum absolute atomic E-state index is 0.0147. The summed E-state index contributed by atoms with van der Waals surface area (Å²) in [6, 6.07) is 14.0. The highest BCUT2D eigenvalue weighted by Crippen LogP contribution is 2.37. The smallest absolute Gasteiger partial charge is 0.305 e. The normalized spacial score (nSPS) is 12.2. The number of halogens is 2. The van der Waals surface area contributed by atoms with Crippen LogP contribution < -0.4 is 10.1 Å². The molecule has 0 aliphatic heterocycles. The quantitative estimate of drug-likeness (QED) is 0.179. The van der Waals surface area contributed by atoms with Crippen molar-refractivity contribution in [1.29, 1.82) is 0 Å². The van der Waals surface area contributed by atoms with Crippen molar-refractivity contribution in [2.24, 2.45) is 0 Å². The van der Waals surface area contributed by atoms with Gasteiger partial charge in [0.15, 0.2) is 0 Å². The Kier molecular flexibility index (Phi) is 11.3. The number of hydrogen-bond donors (Lipinski definition) is 2. The van der Waals surface area contributed by atoms with E-state index in [-0.39, 0.29) is 30.5 Å². The van der Waals surface area contributed by atoms with Gasteiger partial charge in [-0.25, -0.2) is 8.78 Å². The van der Waals surface area contributed by atoms with Crippen LogP contribution in [0.4, 0.5) is 8.78 Å². The Labute approximate surface area is 239 Å². The Morgan fingerprint density at radius 1 is 1.00 bits per heavy atom. The van der Waals surface area contributed by atoms with Crippen LogP contribution in [0, 0.1) is 13.8 Å². The molecule has 5 nitrogen and oxygen atoms in total. The van der Waals surface area contributed by atoms with Gasteiger partial charge in [0.1, 0.15) is 11.9 Å². The number of carbonyl (C=O) groups is 2. The minimum atomic E-state index is -2.88. The van der Waals surface area contributed by atoms with Crippen LogP contribution in [-0.2, 0) is 10.7 Å². The number of aryl methyl sites for hydroxylation is 2. The number of aliphatic carboxylic acids is 1. The molecule has 1 heterocycles. The molecular weight excluding hydrogens is 532 g/mol. The van der Waals surface area contributed by atoms with Gasteiger partial charge in [-0.3, -0.25) is 9.59 Å². The molecule has 40 heavy (non-hydrogen) atoms. The van der Waals surface area contributed by atoms with Crippen molar-refractivity contribution in [2.45, 2.75) is 84.7 Å². The molecule has 0 spiro atoms. The van der Waals surface area contributed by atoms with Gasteiger partial charge in [0, 0.05) is 23.9 Å². The van der Waals surface area contributed by atoms with Crippen molar-refractivity contribution in [1.82, 2.24) is 5.32 Å². The highest BCUT2D eigenvalue weighted by atomic mass is 32.1. The van der Waals surface area contributed by atoms with Gasteiger partial charge in [0.2, 0.25) is 0 Å². The molecule has 216 valence electrons. The van der Waals surface area contributed by atoms with Gasteiger partial charge >= 0.3 is 5.97 Å². The van der Waals surface area contributed by atoms with E-state index in [9.17, 15) is 18.4 Å². The number of amides is 1. The summed E-state index contributed by atoms with van der Waals surface area (Å²) in [7, 11) is 0. The van der Waals surface area contributed by atoms with Crippen LogP contribution in [0.5, 0.6) is 5.75 Å². The molecule has 2 aromatic carbocycles. The van der Waals surface area contributed by atoms with Crippen molar-refractivity contribution in [2.75, 3.05) is 6.54 Å². The zero-order valence-corrected chi connectivity index (χ0v) is 24.5. The van der Waals surface area contributed by atoms with Crippen molar-refractivity contribution in [3.8, 4) is 16.9 Å². The van der Waals surface area contributed by atoms with Gasteiger partial charge in [-0.15, -0.1) is 11.3 Å². The van der Waals surface area contributed by atoms with E-state index in [1.54, 1.807) is 18.2 Å². The van der Waals surface area contributed by atoms with Gasteiger partial charge in [-0.2, -0.15) is 0 Å². The fraction of sp³-hybridized carbons (Fsp3) is 0.438. The van der Waals surface area contributed by atoms with E-state index in [4.69, 9.17) is 9.84 Å². The molecule has 1 unspecified atom stereocenters. The van der Waals surface area contributed by atoms with Crippen molar-refractivity contribution in [3.05, 3.63) is 75.0 Å². The average Bonchev–Trinajstić information content (AvgIpc) is 3.37. The molecule has 3 aromatic rings. The third-order valence-electron chi connectivity index (χ3n) is 6.83. The minimum Gasteiger partial charge on any atom is -0.485 e. The zero-order valence-electron chi connectivity index (χ0n) is 23.7. The molecule has 0 fully saturated rings. The lowest BCUT2D eigenvalue weighted by atomic mass is 9.94. The monoisotopic (exact) mass is 571 g/mol. The number of ether oxygens (including phenoxy) is 1. The van der Waals surface area contributed by atoms with E-state index < -0.39 is 11.9 Å². The molecule has 3 rings (SSSR count). The molecule has 8 heteroatoms. The zero-order chi connectivity index (χ0) is 29.3. The largest absolute Gasteiger partial charge is 0.485 e. The van der Waals surface area contributed by atoms with Crippen LogP contribution in [0.25, 0.3) is 11.1 Å². The van der Waals surface area contributed by atoms with E-state index in [1.807, 2.05) is 32.0 Å². The number of alkyl halides is 2. The molecular formula is C32H39F2NO4S. The topological polar surface area (TPSA) is 75.6 Å². The number of thiophene rings is 1. The first kappa shape index (κ1) is 31.3. The van der Waals surface area contributed by atoms with Crippen LogP contribution in [0.15, 0.2) is 48.5 Å². The molecule has 1 aromatic heterocycles. The van der Waals surface area contributed by atoms with Crippen LogP contribution in [0.1, 0.15) is 96.1 Å². The lowest BCUT2D eigenvalue weighted by molar-refractivity contribution is -0.136. The molecule has 1 atom stereocenters. The number of carboxylic acid groups (broad SMARTS) is 1. The second-order valence-corrected chi connectivity index (χ2v) is 11.4. The van der Waals surface area contributed by atoms with Crippen molar-refractivity contribution >= 4 is 23.2 Å². The summed E-state index contributed by atoms with van der Waals surface area (Å²) in [6.07, 6.45) is 6.07. The second-order valence-electron chi connectivity index (χ2n) is 10.3. The molecule has 2 N–H and O–H groups in total. The lowest BCUT2D eigenvalue weighted by Crippen LogP contribution is -2.25. The van der Waals surface area contributed by atoms with Gasteiger partial charge in [-0.1, -0.05) is 56.9 Å². The average molecular weight is 572 g/mol. The molecule has 1 amide bonds. The number of hydrogen-bond acceptors (Lipinski definition) is 4. The highest BCUT2D eigenvalue weighted by molar-refractivity contribution is 7.14. The first-order chi connectivity index (χ1) is 19.0. The summed E-state index contributed by atoms with van der Waals surface area (Å²) in [4.78, 5) is 24.7. The third kappa shape index (κ3) is 8.88. The van der Waals surface area contributed by atoms with Gasteiger partial charge < -0.3 is 15.2 Å². The summed E-state index contributed by atoms with van der Waals surface area (Å²) < 4.78 is 33.9. The standard InChI is InChI=1S/C32H39F2NO4S/c1-5-6-7-8-9-10-26(27-15-16-28(40-27)31(38)35-18-17-29(36)37)39-25-19-21(2)30(22(3)20-25)23-11-13-24(14-12-23)32(4,33)34/h11-16,19-20,26H,5-10,17-18H2,1-4H3,(H,35,38)(H,36,37). The van der Waals surface area contributed by atoms with E-state index >= 15 is 0 Å². The Morgan fingerprint density at radius 2 is 1.65 bits per heavy atom. The second kappa shape index (κ2) is 14.4. The van der Waals surface area contributed by atoms with Gasteiger partial charge in [0.25, 0.3) is 11.8 Å². The summed E-state index contributed by atoms with van der Waals surface area (Å²) in [5.74, 6) is -3.41. The van der Waals surface area contributed by atoms with Gasteiger partial charge in [-0.05, 0) is 73.2 Å². The van der Waals surface area contributed by atoms with Crippen LogP contribution >= 0.6 is 11.3 Å². The first-order valence-corrected chi connectivity index (χ1v) is 14.7. The fourth-order valence-electron chi connectivity index (χ4n) is 4.75. The highest BCUT2D eigenvalue weighted by Gasteiger charge is 2.24. The number of unbranched alkanes of at least 4 members (excludes halogenated alkanes) is 4. The van der Waals surface area contributed by atoms with E-state index in [2.05, 4.69) is 12.2 Å². The predicted octanol–water partition coefficient (Wildman–Crippen LogP) is 8.83. The van der Waals surface area contributed by atoms with E-state index in [0.29, 0.717) is 4.88 Å². The van der Waals surface area contributed by atoms with Crippen molar-refractivity contribution in [3.63, 3.8) is 0 Å². The number of carboxylic acids is 1. The molecule has 0 saturated heterocycles. The molecule has 0 bridgehead atoms.